The summed E-state index contributed by atoms with van der Waals surface area (Å²) in [5.41, 5.74) is 2.42. The predicted molar refractivity (Wildman–Crippen MR) is 87.9 cm³/mol. The zero-order valence-corrected chi connectivity index (χ0v) is 12.4. The lowest BCUT2D eigenvalue weighted by molar-refractivity contribution is -0.116. The number of hydrogen-bond donors (Lipinski definition) is 3. The average molecular weight is 297 g/mol. The van der Waals surface area contributed by atoms with Gasteiger partial charge in [0.15, 0.2) is 0 Å². The molecule has 0 aliphatic carbocycles. The molecule has 2 aromatic carbocycles. The van der Waals surface area contributed by atoms with Crippen LogP contribution in [-0.2, 0) is 11.2 Å². The SMILES string of the molecule is CNC(=O)Nc1cccc(NC(=O)CCc2ccccc2)c1. The molecular weight excluding hydrogens is 278 g/mol. The van der Waals surface area contributed by atoms with Crippen LogP contribution < -0.4 is 16.0 Å². The van der Waals surface area contributed by atoms with E-state index in [0.717, 1.165) is 5.56 Å². The summed E-state index contributed by atoms with van der Waals surface area (Å²) in [4.78, 5) is 23.2. The monoisotopic (exact) mass is 297 g/mol. The molecular formula is C17H19N3O2. The molecule has 0 aliphatic heterocycles. The van der Waals surface area contributed by atoms with E-state index in [9.17, 15) is 9.59 Å². The Balaban J connectivity index is 1.88. The van der Waals surface area contributed by atoms with E-state index in [1.54, 1.807) is 31.3 Å². The van der Waals surface area contributed by atoms with Crippen molar-refractivity contribution >= 4 is 23.3 Å². The largest absolute Gasteiger partial charge is 0.341 e. The third kappa shape index (κ3) is 4.94. The third-order valence-corrected chi connectivity index (χ3v) is 3.11. The van der Waals surface area contributed by atoms with Crippen LogP contribution in [0.15, 0.2) is 54.6 Å². The molecule has 0 heterocycles. The first kappa shape index (κ1) is 15.6. The van der Waals surface area contributed by atoms with E-state index >= 15 is 0 Å². The molecule has 22 heavy (non-hydrogen) atoms. The molecule has 0 aromatic heterocycles. The second-order valence-corrected chi connectivity index (χ2v) is 4.82. The Morgan fingerprint density at radius 2 is 1.59 bits per heavy atom. The number of rotatable bonds is 5. The first-order valence-electron chi connectivity index (χ1n) is 7.10. The van der Waals surface area contributed by atoms with Crippen LogP contribution in [0.25, 0.3) is 0 Å². The van der Waals surface area contributed by atoms with Crippen LogP contribution >= 0.6 is 0 Å². The lowest BCUT2D eigenvalue weighted by Gasteiger charge is -2.08. The second kappa shape index (κ2) is 7.83. The summed E-state index contributed by atoms with van der Waals surface area (Å²) >= 11 is 0. The molecule has 5 heteroatoms. The fraction of sp³-hybridized carbons (Fsp3) is 0.176. The molecule has 0 fully saturated rings. The standard InChI is InChI=1S/C17H19N3O2/c1-18-17(22)20-15-9-5-8-14(12-15)19-16(21)11-10-13-6-3-2-4-7-13/h2-9,12H,10-11H2,1H3,(H,19,21)(H2,18,20,22). The Morgan fingerprint density at radius 3 is 2.27 bits per heavy atom. The van der Waals surface area contributed by atoms with Crippen molar-refractivity contribution in [3.63, 3.8) is 0 Å². The molecule has 0 unspecified atom stereocenters. The van der Waals surface area contributed by atoms with Crippen molar-refractivity contribution < 1.29 is 9.59 Å². The number of carbonyl (C=O) groups is 2. The van der Waals surface area contributed by atoms with Crippen molar-refractivity contribution in [3.8, 4) is 0 Å². The van der Waals surface area contributed by atoms with E-state index in [2.05, 4.69) is 16.0 Å². The van der Waals surface area contributed by atoms with Crippen molar-refractivity contribution in [2.75, 3.05) is 17.7 Å². The Kier molecular flexibility index (Phi) is 5.54. The second-order valence-electron chi connectivity index (χ2n) is 4.82. The summed E-state index contributed by atoms with van der Waals surface area (Å²) in [6, 6.07) is 16.6. The molecule has 0 saturated carbocycles. The minimum absolute atomic E-state index is 0.0547. The summed E-state index contributed by atoms with van der Waals surface area (Å²) < 4.78 is 0. The highest BCUT2D eigenvalue weighted by molar-refractivity contribution is 5.93. The number of carbonyl (C=O) groups excluding carboxylic acids is 2. The maximum absolute atomic E-state index is 12.0. The smallest absolute Gasteiger partial charge is 0.318 e. The zero-order valence-electron chi connectivity index (χ0n) is 12.4. The number of nitrogens with one attached hydrogen (secondary N) is 3. The molecule has 0 aliphatic rings. The number of urea groups is 1. The van der Waals surface area contributed by atoms with E-state index in [1.807, 2.05) is 30.3 Å². The molecule has 0 bridgehead atoms. The van der Waals surface area contributed by atoms with Crippen LogP contribution in [0.1, 0.15) is 12.0 Å². The van der Waals surface area contributed by atoms with E-state index in [-0.39, 0.29) is 11.9 Å². The highest BCUT2D eigenvalue weighted by Crippen LogP contribution is 2.15. The Bertz CT molecular complexity index is 641. The Hall–Kier alpha value is -2.82. The van der Waals surface area contributed by atoms with Gasteiger partial charge in [0.05, 0.1) is 0 Å². The molecule has 2 rings (SSSR count). The van der Waals surface area contributed by atoms with Crippen LogP contribution in [0, 0.1) is 0 Å². The first-order valence-corrected chi connectivity index (χ1v) is 7.10. The van der Waals surface area contributed by atoms with Crippen molar-refractivity contribution in [2.24, 2.45) is 0 Å². The lowest BCUT2D eigenvalue weighted by Crippen LogP contribution is -2.24. The summed E-state index contributed by atoms with van der Waals surface area (Å²) in [6.07, 6.45) is 1.11. The molecule has 0 radical (unpaired) electrons. The maximum atomic E-state index is 12.0. The van der Waals surface area contributed by atoms with Gasteiger partial charge < -0.3 is 16.0 Å². The summed E-state index contributed by atoms with van der Waals surface area (Å²) in [6.45, 7) is 0. The quantitative estimate of drug-likeness (QED) is 0.794. The summed E-state index contributed by atoms with van der Waals surface area (Å²) in [5, 5.41) is 7.97. The van der Waals surface area contributed by atoms with Crippen molar-refractivity contribution in [1.29, 1.82) is 0 Å². The van der Waals surface area contributed by atoms with Crippen molar-refractivity contribution in [2.45, 2.75) is 12.8 Å². The Morgan fingerprint density at radius 1 is 0.909 bits per heavy atom. The van der Waals surface area contributed by atoms with Crippen LogP contribution in [-0.4, -0.2) is 19.0 Å². The van der Waals surface area contributed by atoms with Gasteiger partial charge in [-0.3, -0.25) is 4.79 Å². The minimum atomic E-state index is -0.299. The predicted octanol–water partition coefficient (Wildman–Crippen LogP) is 3.01. The molecule has 0 spiro atoms. The van der Waals surface area contributed by atoms with Gasteiger partial charge >= 0.3 is 6.03 Å². The molecule has 3 amide bonds. The van der Waals surface area contributed by atoms with E-state index < -0.39 is 0 Å². The van der Waals surface area contributed by atoms with Gasteiger partial charge in [0, 0.05) is 24.8 Å². The fourth-order valence-corrected chi connectivity index (χ4v) is 1.99. The topological polar surface area (TPSA) is 70.2 Å². The maximum Gasteiger partial charge on any atom is 0.318 e. The molecule has 114 valence electrons. The molecule has 0 saturated heterocycles. The van der Waals surface area contributed by atoms with E-state index in [4.69, 9.17) is 0 Å². The van der Waals surface area contributed by atoms with Gasteiger partial charge in [0.2, 0.25) is 5.91 Å². The van der Waals surface area contributed by atoms with Gasteiger partial charge in [-0.2, -0.15) is 0 Å². The van der Waals surface area contributed by atoms with Crippen molar-refractivity contribution in [1.82, 2.24) is 5.32 Å². The number of anilines is 2. The summed E-state index contributed by atoms with van der Waals surface area (Å²) in [5.74, 6) is -0.0547. The van der Waals surface area contributed by atoms with Crippen LogP contribution in [0.4, 0.5) is 16.2 Å². The average Bonchev–Trinajstić information content (AvgIpc) is 2.54. The molecule has 3 N–H and O–H groups in total. The zero-order chi connectivity index (χ0) is 15.8. The van der Waals surface area contributed by atoms with Gasteiger partial charge in [-0.25, -0.2) is 4.79 Å². The molecule has 5 nitrogen and oxygen atoms in total. The third-order valence-electron chi connectivity index (χ3n) is 3.11. The highest BCUT2D eigenvalue weighted by atomic mass is 16.2. The Labute approximate surface area is 129 Å². The van der Waals surface area contributed by atoms with Crippen LogP contribution in [0.5, 0.6) is 0 Å². The minimum Gasteiger partial charge on any atom is -0.341 e. The van der Waals surface area contributed by atoms with E-state index in [0.29, 0.717) is 24.2 Å². The molecule has 0 atom stereocenters. The number of amides is 3. The van der Waals surface area contributed by atoms with Gasteiger partial charge in [0.1, 0.15) is 0 Å². The van der Waals surface area contributed by atoms with Crippen molar-refractivity contribution in [3.05, 3.63) is 60.2 Å². The van der Waals surface area contributed by atoms with Gasteiger partial charge in [0.25, 0.3) is 0 Å². The highest BCUT2D eigenvalue weighted by Gasteiger charge is 2.05. The number of benzene rings is 2. The van der Waals surface area contributed by atoms with Gasteiger partial charge in [-0.15, -0.1) is 0 Å². The number of aryl methyl sites for hydroxylation is 1. The van der Waals surface area contributed by atoms with Crippen LogP contribution in [0.2, 0.25) is 0 Å². The van der Waals surface area contributed by atoms with Gasteiger partial charge in [-0.1, -0.05) is 36.4 Å². The summed E-state index contributed by atoms with van der Waals surface area (Å²) in [7, 11) is 1.55. The normalized spacial score (nSPS) is 9.86. The molecule has 2 aromatic rings. The van der Waals surface area contributed by atoms with E-state index in [1.165, 1.54) is 0 Å². The number of hydrogen-bond acceptors (Lipinski definition) is 2. The first-order chi connectivity index (χ1) is 10.7. The van der Waals surface area contributed by atoms with Gasteiger partial charge in [-0.05, 0) is 30.2 Å². The van der Waals surface area contributed by atoms with Crippen LogP contribution in [0.3, 0.4) is 0 Å². The fourth-order valence-electron chi connectivity index (χ4n) is 1.99. The lowest BCUT2D eigenvalue weighted by atomic mass is 10.1.